The molecule has 0 aromatic heterocycles. The number of aliphatic hydroxyl groups is 1. The van der Waals surface area contributed by atoms with Gasteiger partial charge in [-0.15, -0.1) is 0 Å². The molecule has 1 aliphatic heterocycles. The van der Waals surface area contributed by atoms with Crippen LogP contribution in [-0.4, -0.2) is 56.7 Å². The fourth-order valence-electron chi connectivity index (χ4n) is 2.72. The van der Waals surface area contributed by atoms with Crippen molar-refractivity contribution in [3.05, 3.63) is 0 Å². The number of aliphatic hydroxyl groups excluding tert-OH is 1. The van der Waals surface area contributed by atoms with E-state index < -0.39 is 9.84 Å². The maximum Gasteiger partial charge on any atom is 0.147 e. The van der Waals surface area contributed by atoms with Crippen LogP contribution in [0.3, 0.4) is 0 Å². The number of rotatable bonds is 5. The fourth-order valence-corrected chi connectivity index (χ4v) is 3.86. The van der Waals surface area contributed by atoms with Crippen LogP contribution in [0.5, 0.6) is 0 Å². The summed E-state index contributed by atoms with van der Waals surface area (Å²) in [5.41, 5.74) is -0.0109. The van der Waals surface area contributed by atoms with Crippen LogP contribution < -0.4 is 0 Å². The molecule has 1 aliphatic rings. The van der Waals surface area contributed by atoms with Gasteiger partial charge in [0.1, 0.15) is 9.84 Å². The average molecular weight is 263 g/mol. The van der Waals surface area contributed by atoms with Gasteiger partial charge in [0.15, 0.2) is 0 Å². The van der Waals surface area contributed by atoms with E-state index in [1.54, 1.807) is 0 Å². The molecule has 0 saturated carbocycles. The Bertz CT molecular complexity index is 342. The van der Waals surface area contributed by atoms with Gasteiger partial charge in [0, 0.05) is 31.4 Å². The highest BCUT2D eigenvalue weighted by atomic mass is 32.2. The number of sulfone groups is 1. The molecular formula is C12H25NO3S. The average Bonchev–Trinajstić information content (AvgIpc) is 2.14. The van der Waals surface area contributed by atoms with E-state index in [4.69, 9.17) is 0 Å². The van der Waals surface area contributed by atoms with Crippen molar-refractivity contribution in [2.45, 2.75) is 26.7 Å². The molecule has 0 bridgehead atoms. The molecule has 1 N–H and O–H groups in total. The number of hydrogen-bond donors (Lipinski definition) is 1. The highest BCUT2D eigenvalue weighted by Gasteiger charge is 2.30. The zero-order chi connectivity index (χ0) is 13.1. The van der Waals surface area contributed by atoms with Crippen LogP contribution in [0, 0.1) is 11.3 Å². The Morgan fingerprint density at radius 2 is 2.12 bits per heavy atom. The molecule has 2 unspecified atom stereocenters. The largest absolute Gasteiger partial charge is 0.396 e. The van der Waals surface area contributed by atoms with Gasteiger partial charge in [-0.05, 0) is 25.3 Å². The molecule has 4 nitrogen and oxygen atoms in total. The van der Waals surface area contributed by atoms with Crippen LogP contribution in [0.1, 0.15) is 26.7 Å². The van der Waals surface area contributed by atoms with Gasteiger partial charge in [0.05, 0.1) is 5.75 Å². The van der Waals surface area contributed by atoms with Gasteiger partial charge in [0.25, 0.3) is 0 Å². The lowest BCUT2D eigenvalue weighted by molar-refractivity contribution is 0.0416. The Morgan fingerprint density at radius 3 is 2.65 bits per heavy atom. The SMILES string of the molecule is CC(CN1CCCC(C)(CO)C1)CS(C)(=O)=O. The molecule has 1 fully saturated rings. The maximum absolute atomic E-state index is 11.2. The molecule has 1 saturated heterocycles. The minimum absolute atomic E-state index is 0.0109. The first-order chi connectivity index (χ1) is 7.74. The summed E-state index contributed by atoms with van der Waals surface area (Å²) in [7, 11) is -2.88. The molecule has 0 radical (unpaired) electrons. The molecule has 5 heteroatoms. The Labute approximate surface area is 105 Å². The summed E-state index contributed by atoms with van der Waals surface area (Å²) < 4.78 is 22.4. The third kappa shape index (κ3) is 5.36. The van der Waals surface area contributed by atoms with Crippen molar-refractivity contribution in [1.82, 2.24) is 4.90 Å². The topological polar surface area (TPSA) is 57.6 Å². The second kappa shape index (κ2) is 5.67. The summed E-state index contributed by atoms with van der Waals surface area (Å²) in [4.78, 5) is 2.29. The van der Waals surface area contributed by atoms with E-state index in [0.29, 0.717) is 0 Å². The lowest BCUT2D eigenvalue weighted by Gasteiger charge is -2.40. The van der Waals surface area contributed by atoms with Crippen LogP contribution in [0.2, 0.25) is 0 Å². The van der Waals surface area contributed by atoms with Crippen molar-refractivity contribution in [1.29, 1.82) is 0 Å². The molecule has 0 aromatic rings. The summed E-state index contributed by atoms with van der Waals surface area (Å²) in [5.74, 6) is 0.408. The van der Waals surface area contributed by atoms with Crippen molar-refractivity contribution >= 4 is 9.84 Å². The first kappa shape index (κ1) is 14.9. The molecule has 1 heterocycles. The van der Waals surface area contributed by atoms with Crippen LogP contribution in [0.4, 0.5) is 0 Å². The monoisotopic (exact) mass is 263 g/mol. The van der Waals surface area contributed by atoms with Gasteiger partial charge in [-0.25, -0.2) is 8.42 Å². The minimum Gasteiger partial charge on any atom is -0.396 e. The van der Waals surface area contributed by atoms with E-state index in [2.05, 4.69) is 11.8 Å². The van der Waals surface area contributed by atoms with Crippen molar-refractivity contribution in [3.63, 3.8) is 0 Å². The maximum atomic E-state index is 11.2. The lowest BCUT2D eigenvalue weighted by Crippen LogP contribution is -2.45. The van der Waals surface area contributed by atoms with Crippen LogP contribution in [0.25, 0.3) is 0 Å². The second-order valence-electron chi connectivity index (χ2n) is 6.01. The summed E-state index contributed by atoms with van der Waals surface area (Å²) in [6.45, 7) is 6.99. The highest BCUT2D eigenvalue weighted by Crippen LogP contribution is 2.29. The van der Waals surface area contributed by atoms with E-state index in [9.17, 15) is 13.5 Å². The van der Waals surface area contributed by atoms with Gasteiger partial charge in [-0.3, -0.25) is 0 Å². The number of nitrogens with zero attached hydrogens (tertiary/aromatic N) is 1. The molecular weight excluding hydrogens is 238 g/mol. The van der Waals surface area contributed by atoms with Crippen LogP contribution in [0.15, 0.2) is 0 Å². The summed E-state index contributed by atoms with van der Waals surface area (Å²) in [6, 6.07) is 0. The minimum atomic E-state index is -2.88. The Balaban J connectivity index is 2.46. The summed E-state index contributed by atoms with van der Waals surface area (Å²) in [5, 5.41) is 9.37. The van der Waals surface area contributed by atoms with Crippen molar-refractivity contribution < 1.29 is 13.5 Å². The fraction of sp³-hybridized carbons (Fsp3) is 1.00. The van der Waals surface area contributed by atoms with Crippen LogP contribution in [-0.2, 0) is 9.84 Å². The third-order valence-electron chi connectivity index (χ3n) is 3.40. The molecule has 0 amide bonds. The highest BCUT2D eigenvalue weighted by molar-refractivity contribution is 7.90. The number of likely N-dealkylation sites (tertiary alicyclic amines) is 1. The Morgan fingerprint density at radius 1 is 1.47 bits per heavy atom. The van der Waals surface area contributed by atoms with Gasteiger partial charge in [-0.2, -0.15) is 0 Å². The predicted molar refractivity (Wildman–Crippen MR) is 69.7 cm³/mol. The van der Waals surface area contributed by atoms with Gasteiger partial charge < -0.3 is 10.0 Å². The lowest BCUT2D eigenvalue weighted by atomic mass is 9.82. The van der Waals surface area contributed by atoms with E-state index in [-0.39, 0.29) is 23.7 Å². The Kier molecular flexibility index (Phi) is 4.98. The summed E-state index contributed by atoms with van der Waals surface area (Å²) >= 11 is 0. The smallest absolute Gasteiger partial charge is 0.147 e. The van der Waals surface area contributed by atoms with Crippen molar-refractivity contribution in [3.8, 4) is 0 Å². The van der Waals surface area contributed by atoms with E-state index in [1.807, 2.05) is 6.92 Å². The molecule has 0 aromatic carbocycles. The van der Waals surface area contributed by atoms with E-state index in [1.165, 1.54) is 6.26 Å². The van der Waals surface area contributed by atoms with Crippen LogP contribution >= 0.6 is 0 Å². The Hall–Kier alpha value is -0.130. The van der Waals surface area contributed by atoms with E-state index >= 15 is 0 Å². The van der Waals surface area contributed by atoms with Gasteiger partial charge >= 0.3 is 0 Å². The molecule has 0 spiro atoms. The quantitative estimate of drug-likeness (QED) is 0.795. The van der Waals surface area contributed by atoms with Gasteiger partial charge in [-0.1, -0.05) is 13.8 Å². The van der Waals surface area contributed by atoms with Gasteiger partial charge in [0.2, 0.25) is 0 Å². The third-order valence-corrected chi connectivity index (χ3v) is 4.57. The second-order valence-corrected chi connectivity index (χ2v) is 8.19. The van der Waals surface area contributed by atoms with E-state index in [0.717, 1.165) is 32.5 Å². The van der Waals surface area contributed by atoms with Crippen molar-refractivity contribution in [2.75, 3.05) is 38.2 Å². The first-order valence-electron chi connectivity index (χ1n) is 6.25. The summed E-state index contributed by atoms with van der Waals surface area (Å²) in [6.07, 6.45) is 3.43. The zero-order valence-electron chi connectivity index (χ0n) is 11.1. The van der Waals surface area contributed by atoms with Crippen molar-refractivity contribution in [2.24, 2.45) is 11.3 Å². The predicted octanol–water partition coefficient (Wildman–Crippen LogP) is 0.762. The molecule has 17 heavy (non-hydrogen) atoms. The normalized spacial score (nSPS) is 29.2. The molecule has 0 aliphatic carbocycles. The zero-order valence-corrected chi connectivity index (χ0v) is 12.0. The molecule has 1 rings (SSSR count). The standard InChI is InChI=1S/C12H25NO3S/c1-11(8-17(3,15)16)7-13-6-4-5-12(2,9-13)10-14/h11,14H,4-10H2,1-3H3. The first-order valence-corrected chi connectivity index (χ1v) is 8.31. The number of hydrogen-bond acceptors (Lipinski definition) is 4. The molecule has 102 valence electrons. The molecule has 2 atom stereocenters. The number of piperidine rings is 1.